The summed E-state index contributed by atoms with van der Waals surface area (Å²) >= 11 is 0. The number of fused-ring (bicyclic) bond motifs is 1. The average molecular weight is 416 g/mol. The molecule has 2 aromatic heterocycles. The van der Waals surface area contributed by atoms with Gasteiger partial charge in [0.15, 0.2) is 5.82 Å². The van der Waals surface area contributed by atoms with E-state index in [0.29, 0.717) is 5.06 Å². The summed E-state index contributed by atoms with van der Waals surface area (Å²) in [6, 6.07) is 15.6. The van der Waals surface area contributed by atoms with E-state index in [2.05, 4.69) is 5.10 Å². The van der Waals surface area contributed by atoms with Crippen LogP contribution >= 0.6 is 0 Å². The van der Waals surface area contributed by atoms with Crippen LogP contribution < -0.4 is 0 Å². The highest BCUT2D eigenvalue weighted by molar-refractivity contribution is 6.21. The van der Waals surface area contributed by atoms with E-state index in [1.807, 2.05) is 0 Å². The van der Waals surface area contributed by atoms with Crippen molar-refractivity contribution < 1.29 is 23.6 Å². The molecule has 0 radical (unpaired) electrons. The van der Waals surface area contributed by atoms with Crippen molar-refractivity contribution >= 4 is 17.8 Å². The highest BCUT2D eigenvalue weighted by Crippen LogP contribution is 2.26. The van der Waals surface area contributed by atoms with Crippen LogP contribution in [0.25, 0.3) is 11.5 Å². The lowest BCUT2D eigenvalue weighted by atomic mass is 10.1. The second-order valence-corrected chi connectivity index (χ2v) is 6.66. The number of rotatable bonds is 4. The van der Waals surface area contributed by atoms with Gasteiger partial charge in [-0.3, -0.25) is 9.59 Å². The number of carbonyl (C=O) groups excluding carboxylic acids is 3. The Hall–Kier alpha value is -4.53. The molecule has 2 aromatic carbocycles. The molecule has 0 atom stereocenters. The van der Waals surface area contributed by atoms with E-state index in [4.69, 9.17) is 4.84 Å². The Morgan fingerprint density at radius 3 is 2.13 bits per heavy atom. The molecule has 0 fully saturated rings. The van der Waals surface area contributed by atoms with Crippen LogP contribution in [0.5, 0.6) is 0 Å². The summed E-state index contributed by atoms with van der Waals surface area (Å²) in [5.74, 6) is -2.81. The van der Waals surface area contributed by atoms with E-state index in [0.717, 1.165) is 0 Å². The van der Waals surface area contributed by atoms with Crippen LogP contribution in [0.1, 0.15) is 31.1 Å². The largest absolute Gasteiger partial charge is 0.369 e. The molecule has 1 aliphatic heterocycles. The Bertz CT molecular complexity index is 1310. The molecule has 31 heavy (non-hydrogen) atoms. The molecule has 152 valence electrons. The summed E-state index contributed by atoms with van der Waals surface area (Å²) in [6.07, 6.45) is 4.49. The summed E-state index contributed by atoms with van der Waals surface area (Å²) in [5.41, 5.74) is 0.350. The van der Waals surface area contributed by atoms with Crippen LogP contribution in [-0.4, -0.2) is 37.2 Å². The first kappa shape index (κ1) is 18.5. The fourth-order valence-electron chi connectivity index (χ4n) is 3.39. The lowest BCUT2D eigenvalue weighted by Gasteiger charge is -2.14. The normalized spacial score (nSPS) is 12.9. The molecule has 0 saturated heterocycles. The molecular formula is C22H13FN4O4. The maximum absolute atomic E-state index is 14.4. The molecule has 9 heteroatoms. The molecule has 1 aliphatic rings. The number of benzene rings is 2. The first-order valence-electron chi connectivity index (χ1n) is 9.22. The zero-order valence-corrected chi connectivity index (χ0v) is 15.8. The molecule has 8 nitrogen and oxygen atoms in total. The van der Waals surface area contributed by atoms with Crippen LogP contribution in [0.15, 0.2) is 79.3 Å². The summed E-state index contributed by atoms with van der Waals surface area (Å²) in [4.78, 5) is 43.1. The van der Waals surface area contributed by atoms with Gasteiger partial charge in [-0.1, -0.05) is 29.3 Å². The molecule has 3 heterocycles. The number of imide groups is 1. The van der Waals surface area contributed by atoms with E-state index >= 15 is 0 Å². The monoisotopic (exact) mass is 416 g/mol. The lowest BCUT2D eigenvalue weighted by molar-refractivity contribution is -0.0584. The van der Waals surface area contributed by atoms with Crippen LogP contribution in [-0.2, 0) is 4.84 Å². The van der Waals surface area contributed by atoms with Gasteiger partial charge in [0, 0.05) is 12.4 Å². The highest BCUT2D eigenvalue weighted by Gasteiger charge is 2.39. The van der Waals surface area contributed by atoms with Crippen LogP contribution in [0.3, 0.4) is 0 Å². The van der Waals surface area contributed by atoms with Crippen LogP contribution in [0, 0.1) is 5.82 Å². The van der Waals surface area contributed by atoms with Gasteiger partial charge in [0.1, 0.15) is 17.1 Å². The second kappa shape index (κ2) is 7.06. The van der Waals surface area contributed by atoms with Crippen molar-refractivity contribution in [3.8, 4) is 11.5 Å². The summed E-state index contributed by atoms with van der Waals surface area (Å²) in [7, 11) is 0. The second-order valence-electron chi connectivity index (χ2n) is 6.66. The molecule has 2 amide bonds. The molecule has 0 bridgehead atoms. The fourth-order valence-corrected chi connectivity index (χ4v) is 3.39. The van der Waals surface area contributed by atoms with E-state index in [1.165, 1.54) is 41.2 Å². The van der Waals surface area contributed by atoms with E-state index in [9.17, 15) is 18.8 Å². The number of amides is 2. The quantitative estimate of drug-likeness (QED) is 0.477. The van der Waals surface area contributed by atoms with Gasteiger partial charge in [0.25, 0.3) is 11.8 Å². The number of carbonyl (C=O) groups is 3. The van der Waals surface area contributed by atoms with Gasteiger partial charge in [0.2, 0.25) is 0 Å². The summed E-state index contributed by atoms with van der Waals surface area (Å²) in [5, 5.41) is 4.57. The number of aromatic nitrogens is 3. The van der Waals surface area contributed by atoms with Crippen molar-refractivity contribution in [2.45, 2.75) is 0 Å². The van der Waals surface area contributed by atoms with Gasteiger partial charge < -0.3 is 9.40 Å². The average Bonchev–Trinajstić information content (AvgIpc) is 3.50. The first-order valence-corrected chi connectivity index (χ1v) is 9.22. The maximum atomic E-state index is 14.4. The van der Waals surface area contributed by atoms with Crippen molar-refractivity contribution in [3.05, 3.63) is 102 Å². The standard InChI is InChI=1S/C22H13FN4O4/c23-17-9-3-4-10-18(17)26-19(25-11-5-6-12-25)16(13-24-26)22(30)31-27-20(28)14-7-1-2-8-15(14)21(27)29/h1-13H. The molecule has 0 saturated carbocycles. The Kier molecular flexibility index (Phi) is 4.21. The SMILES string of the molecule is O=C(ON1C(=O)c2ccccc2C1=O)c1cnn(-c2ccccc2F)c1-n1cccc1. The molecule has 0 N–H and O–H groups in total. The maximum Gasteiger partial charge on any atom is 0.369 e. The van der Waals surface area contributed by atoms with Gasteiger partial charge in [-0.2, -0.15) is 5.10 Å². The number of hydrogen-bond acceptors (Lipinski definition) is 5. The molecule has 0 unspecified atom stereocenters. The van der Waals surface area contributed by atoms with Crippen molar-refractivity contribution in [1.82, 2.24) is 19.4 Å². The number of halogens is 1. The third-order valence-electron chi connectivity index (χ3n) is 4.82. The summed E-state index contributed by atoms with van der Waals surface area (Å²) < 4.78 is 17.2. The molecular weight excluding hydrogens is 403 g/mol. The Morgan fingerprint density at radius 2 is 1.48 bits per heavy atom. The Morgan fingerprint density at radius 1 is 0.871 bits per heavy atom. The zero-order valence-electron chi connectivity index (χ0n) is 15.8. The van der Waals surface area contributed by atoms with E-state index < -0.39 is 23.6 Å². The predicted molar refractivity (Wildman–Crippen MR) is 105 cm³/mol. The minimum Gasteiger partial charge on any atom is -0.324 e. The minimum atomic E-state index is -0.985. The van der Waals surface area contributed by atoms with Crippen molar-refractivity contribution in [2.75, 3.05) is 0 Å². The van der Waals surface area contributed by atoms with Gasteiger partial charge in [0.05, 0.1) is 17.3 Å². The highest BCUT2D eigenvalue weighted by atomic mass is 19.1. The Balaban J connectivity index is 1.54. The Labute approximate surface area is 174 Å². The number of para-hydroxylation sites is 1. The molecule has 0 aliphatic carbocycles. The summed E-state index contributed by atoms with van der Waals surface area (Å²) in [6.45, 7) is 0. The van der Waals surface area contributed by atoms with E-state index in [1.54, 1.807) is 47.3 Å². The van der Waals surface area contributed by atoms with Gasteiger partial charge in [-0.25, -0.2) is 13.9 Å². The van der Waals surface area contributed by atoms with Crippen molar-refractivity contribution in [1.29, 1.82) is 0 Å². The topological polar surface area (TPSA) is 86.4 Å². The van der Waals surface area contributed by atoms with Gasteiger partial charge in [-0.15, -0.1) is 0 Å². The lowest BCUT2D eigenvalue weighted by Crippen LogP contribution is -2.33. The van der Waals surface area contributed by atoms with Gasteiger partial charge >= 0.3 is 5.97 Å². The molecule has 5 rings (SSSR count). The number of hydroxylamine groups is 2. The van der Waals surface area contributed by atoms with Crippen molar-refractivity contribution in [2.24, 2.45) is 0 Å². The van der Waals surface area contributed by atoms with Crippen LogP contribution in [0.2, 0.25) is 0 Å². The van der Waals surface area contributed by atoms with Gasteiger partial charge in [-0.05, 0) is 36.4 Å². The van der Waals surface area contributed by atoms with E-state index in [-0.39, 0.29) is 28.2 Å². The minimum absolute atomic E-state index is 0.0593. The fraction of sp³-hybridized carbons (Fsp3) is 0. The van der Waals surface area contributed by atoms with Crippen LogP contribution in [0.4, 0.5) is 4.39 Å². The van der Waals surface area contributed by atoms with Crippen molar-refractivity contribution in [3.63, 3.8) is 0 Å². The zero-order chi connectivity index (χ0) is 21.5. The number of hydrogen-bond donors (Lipinski definition) is 0. The molecule has 4 aromatic rings. The molecule has 0 spiro atoms. The smallest absolute Gasteiger partial charge is 0.324 e. The third-order valence-corrected chi connectivity index (χ3v) is 4.82. The predicted octanol–water partition coefficient (Wildman–Crippen LogP) is 3.17. The third kappa shape index (κ3) is 2.91. The number of nitrogens with zero attached hydrogens (tertiary/aromatic N) is 4. The first-order chi connectivity index (χ1) is 15.1.